The average molecular weight is 276 g/mol. The van der Waals surface area contributed by atoms with E-state index in [0.717, 1.165) is 12.1 Å². The van der Waals surface area contributed by atoms with Gasteiger partial charge < -0.3 is 4.74 Å². The van der Waals surface area contributed by atoms with Crippen molar-refractivity contribution in [1.82, 2.24) is 0 Å². The highest BCUT2D eigenvalue weighted by Gasteiger charge is 2.30. The third kappa shape index (κ3) is 3.33. The molecule has 0 N–H and O–H groups in total. The molecule has 2 aromatic carbocycles. The molecule has 0 aliphatic heterocycles. The minimum atomic E-state index is -4.36. The molecule has 0 unspecified atom stereocenters. The summed E-state index contributed by atoms with van der Waals surface area (Å²) in [6, 6.07) is 12.0. The first-order valence-corrected chi connectivity index (χ1v) is 5.83. The number of hydrogen-bond acceptors (Lipinski definition) is 1. The average Bonchev–Trinajstić information content (AvgIpc) is 2.45. The van der Waals surface area contributed by atoms with Crippen molar-refractivity contribution >= 4 is 0 Å². The number of benzene rings is 2. The fraction of sp³-hybridized carbons (Fsp3) is 0.125. The van der Waals surface area contributed by atoms with Crippen LogP contribution in [0.25, 0.3) is 0 Å². The van der Waals surface area contributed by atoms with E-state index < -0.39 is 11.7 Å². The quantitative estimate of drug-likeness (QED) is 0.712. The predicted octanol–water partition coefficient (Wildman–Crippen LogP) is 4.11. The molecule has 20 heavy (non-hydrogen) atoms. The van der Waals surface area contributed by atoms with E-state index in [4.69, 9.17) is 4.74 Å². The lowest BCUT2D eigenvalue weighted by Crippen LogP contribution is -2.04. The van der Waals surface area contributed by atoms with E-state index >= 15 is 0 Å². The first-order valence-electron chi connectivity index (χ1n) is 5.83. The van der Waals surface area contributed by atoms with Gasteiger partial charge in [-0.1, -0.05) is 30.0 Å². The van der Waals surface area contributed by atoms with Crippen LogP contribution in [-0.4, -0.2) is 7.11 Å². The van der Waals surface area contributed by atoms with Gasteiger partial charge in [0.05, 0.1) is 18.2 Å². The van der Waals surface area contributed by atoms with Crippen LogP contribution in [-0.2, 0) is 6.18 Å². The Morgan fingerprint density at radius 2 is 1.70 bits per heavy atom. The summed E-state index contributed by atoms with van der Waals surface area (Å²) in [6.45, 7) is 0. The molecule has 0 fully saturated rings. The van der Waals surface area contributed by atoms with Crippen LogP contribution >= 0.6 is 0 Å². The van der Waals surface area contributed by atoms with Crippen molar-refractivity contribution < 1.29 is 17.9 Å². The van der Waals surface area contributed by atoms with Crippen LogP contribution in [0.2, 0.25) is 0 Å². The maximum absolute atomic E-state index is 12.6. The Hall–Kier alpha value is -2.41. The maximum Gasteiger partial charge on any atom is 0.416 e. The Balaban J connectivity index is 2.34. The predicted molar refractivity (Wildman–Crippen MR) is 70.4 cm³/mol. The van der Waals surface area contributed by atoms with Gasteiger partial charge in [0.15, 0.2) is 0 Å². The van der Waals surface area contributed by atoms with Gasteiger partial charge in [0.2, 0.25) is 0 Å². The molecule has 1 nitrogen and oxygen atoms in total. The Labute approximate surface area is 115 Å². The molecule has 2 aromatic rings. The van der Waals surface area contributed by atoms with E-state index in [9.17, 15) is 13.2 Å². The summed E-state index contributed by atoms with van der Waals surface area (Å²) in [7, 11) is 1.52. The molecule has 4 heteroatoms. The zero-order valence-corrected chi connectivity index (χ0v) is 10.7. The number of alkyl halides is 3. The van der Waals surface area contributed by atoms with Gasteiger partial charge in [-0.3, -0.25) is 0 Å². The molecule has 0 spiro atoms. The molecule has 0 saturated heterocycles. The lowest BCUT2D eigenvalue weighted by Gasteiger charge is -2.06. The van der Waals surface area contributed by atoms with E-state index in [1.807, 2.05) is 0 Å². The monoisotopic (exact) mass is 276 g/mol. The smallest absolute Gasteiger partial charge is 0.416 e. The van der Waals surface area contributed by atoms with Crippen molar-refractivity contribution in [2.24, 2.45) is 0 Å². The van der Waals surface area contributed by atoms with E-state index in [1.165, 1.54) is 19.2 Å². The SMILES string of the molecule is COc1ccccc1C#Cc1cccc(C(F)(F)F)c1. The largest absolute Gasteiger partial charge is 0.495 e. The zero-order chi connectivity index (χ0) is 14.6. The molecule has 0 aliphatic rings. The van der Waals surface area contributed by atoms with Crippen molar-refractivity contribution in [2.45, 2.75) is 6.18 Å². The van der Waals surface area contributed by atoms with Gasteiger partial charge in [-0.15, -0.1) is 0 Å². The maximum atomic E-state index is 12.6. The zero-order valence-electron chi connectivity index (χ0n) is 10.7. The van der Waals surface area contributed by atoms with Gasteiger partial charge in [-0.2, -0.15) is 13.2 Å². The second-order valence-corrected chi connectivity index (χ2v) is 4.03. The Morgan fingerprint density at radius 1 is 0.950 bits per heavy atom. The molecule has 0 heterocycles. The highest BCUT2D eigenvalue weighted by Crippen LogP contribution is 2.29. The molecule has 102 valence electrons. The molecule has 0 radical (unpaired) electrons. The second-order valence-electron chi connectivity index (χ2n) is 4.03. The van der Waals surface area contributed by atoms with Crippen molar-refractivity contribution in [2.75, 3.05) is 7.11 Å². The summed E-state index contributed by atoms with van der Waals surface area (Å²) in [5, 5.41) is 0. The van der Waals surface area contributed by atoms with Crippen LogP contribution in [0.4, 0.5) is 13.2 Å². The molecule has 0 bridgehead atoms. The van der Waals surface area contributed by atoms with Gasteiger partial charge in [0.1, 0.15) is 5.75 Å². The summed E-state index contributed by atoms with van der Waals surface area (Å²) in [6.07, 6.45) is -4.36. The fourth-order valence-electron chi connectivity index (χ4n) is 1.66. The normalized spacial score (nSPS) is 10.6. The summed E-state index contributed by atoms with van der Waals surface area (Å²) in [4.78, 5) is 0. The van der Waals surface area contributed by atoms with Crippen LogP contribution < -0.4 is 4.74 Å². The Bertz CT molecular complexity index is 663. The number of methoxy groups -OCH3 is 1. The molecule has 0 amide bonds. The molecule has 2 rings (SSSR count). The highest BCUT2D eigenvalue weighted by atomic mass is 19.4. The summed E-state index contributed by atoms with van der Waals surface area (Å²) >= 11 is 0. The number of halogens is 3. The Morgan fingerprint density at radius 3 is 2.40 bits per heavy atom. The van der Waals surface area contributed by atoms with Crippen molar-refractivity contribution in [3.8, 4) is 17.6 Å². The summed E-state index contributed by atoms with van der Waals surface area (Å²) in [5.41, 5.74) is 0.238. The lowest BCUT2D eigenvalue weighted by atomic mass is 10.1. The molecule has 0 saturated carbocycles. The van der Waals surface area contributed by atoms with Gasteiger partial charge in [-0.05, 0) is 30.3 Å². The molecule has 0 atom stereocenters. The molecular formula is C16H11F3O. The van der Waals surface area contributed by atoms with Crippen LogP contribution in [0.15, 0.2) is 48.5 Å². The van der Waals surface area contributed by atoms with Gasteiger partial charge in [-0.25, -0.2) is 0 Å². The van der Waals surface area contributed by atoms with Gasteiger partial charge in [0.25, 0.3) is 0 Å². The summed E-state index contributed by atoms with van der Waals surface area (Å²) in [5.74, 6) is 6.12. The third-order valence-electron chi connectivity index (χ3n) is 2.64. The number of hydrogen-bond donors (Lipinski definition) is 0. The first-order chi connectivity index (χ1) is 9.50. The van der Waals surface area contributed by atoms with Crippen LogP contribution in [0, 0.1) is 11.8 Å². The van der Waals surface area contributed by atoms with Crippen LogP contribution in [0.5, 0.6) is 5.75 Å². The van der Waals surface area contributed by atoms with E-state index in [2.05, 4.69) is 11.8 Å². The molecule has 0 aromatic heterocycles. The minimum Gasteiger partial charge on any atom is -0.495 e. The van der Waals surface area contributed by atoms with Crippen LogP contribution in [0.1, 0.15) is 16.7 Å². The van der Waals surface area contributed by atoms with Gasteiger partial charge >= 0.3 is 6.18 Å². The lowest BCUT2D eigenvalue weighted by molar-refractivity contribution is -0.137. The van der Waals surface area contributed by atoms with E-state index in [-0.39, 0.29) is 0 Å². The van der Waals surface area contributed by atoms with Gasteiger partial charge in [0, 0.05) is 5.56 Å². The number of para-hydroxylation sites is 1. The third-order valence-corrected chi connectivity index (χ3v) is 2.64. The minimum absolute atomic E-state index is 0.311. The standard InChI is InChI=1S/C16H11F3O/c1-20-15-8-3-2-6-13(15)10-9-12-5-4-7-14(11-12)16(17,18)19/h2-8,11H,1H3. The number of ether oxygens (including phenoxy) is 1. The summed E-state index contributed by atoms with van der Waals surface area (Å²) < 4.78 is 42.9. The Kier molecular flexibility index (Phi) is 3.99. The fourth-order valence-corrected chi connectivity index (χ4v) is 1.66. The second kappa shape index (κ2) is 5.70. The van der Waals surface area contributed by atoms with Crippen molar-refractivity contribution in [3.05, 3.63) is 65.2 Å². The molecule has 0 aliphatic carbocycles. The topological polar surface area (TPSA) is 9.23 Å². The number of rotatable bonds is 1. The molecular weight excluding hydrogens is 265 g/mol. The van der Waals surface area contributed by atoms with Crippen molar-refractivity contribution in [3.63, 3.8) is 0 Å². The van der Waals surface area contributed by atoms with E-state index in [0.29, 0.717) is 16.9 Å². The van der Waals surface area contributed by atoms with Crippen molar-refractivity contribution in [1.29, 1.82) is 0 Å². The first kappa shape index (κ1) is 14.0. The van der Waals surface area contributed by atoms with E-state index in [1.54, 1.807) is 24.3 Å². The van der Waals surface area contributed by atoms with Crippen LogP contribution in [0.3, 0.4) is 0 Å². The highest BCUT2D eigenvalue weighted by molar-refractivity contribution is 5.50.